The monoisotopic (exact) mass is 276 g/mol. The standard InChI is InChI=1S/C12H13FN6O/c13-12(11(14)20)2-5-18(7-12)9-6-10(16-8-15-9)19-4-1-3-17-19/h1,3-4,6,8H,2,5,7H2,(H2,14,20). The lowest BCUT2D eigenvalue weighted by molar-refractivity contribution is -0.128. The molecule has 0 aromatic carbocycles. The molecule has 104 valence electrons. The summed E-state index contributed by atoms with van der Waals surface area (Å²) >= 11 is 0. The molecular formula is C12H13FN6O. The van der Waals surface area contributed by atoms with E-state index in [0.717, 1.165) is 0 Å². The molecule has 0 bridgehead atoms. The van der Waals surface area contributed by atoms with Crippen LogP contribution >= 0.6 is 0 Å². The van der Waals surface area contributed by atoms with E-state index in [1.54, 1.807) is 34.1 Å². The van der Waals surface area contributed by atoms with Crippen LogP contribution in [-0.2, 0) is 4.79 Å². The van der Waals surface area contributed by atoms with Gasteiger partial charge < -0.3 is 10.6 Å². The van der Waals surface area contributed by atoms with E-state index in [1.165, 1.54) is 6.33 Å². The van der Waals surface area contributed by atoms with Crippen molar-refractivity contribution in [2.24, 2.45) is 5.73 Å². The van der Waals surface area contributed by atoms with E-state index in [9.17, 15) is 9.18 Å². The number of hydrogen-bond donors (Lipinski definition) is 1. The Balaban J connectivity index is 1.86. The largest absolute Gasteiger partial charge is 0.367 e. The Morgan fingerprint density at radius 2 is 2.20 bits per heavy atom. The molecule has 1 amide bonds. The molecule has 0 spiro atoms. The number of halogens is 1. The lowest BCUT2D eigenvalue weighted by Crippen LogP contribution is -2.42. The molecule has 0 aliphatic carbocycles. The third-order valence-corrected chi connectivity index (χ3v) is 3.36. The van der Waals surface area contributed by atoms with Crippen molar-refractivity contribution in [3.05, 3.63) is 30.9 Å². The first-order chi connectivity index (χ1) is 9.58. The second kappa shape index (κ2) is 4.55. The van der Waals surface area contributed by atoms with Gasteiger partial charge in [0.15, 0.2) is 5.82 Å². The van der Waals surface area contributed by atoms with E-state index in [-0.39, 0.29) is 13.0 Å². The number of anilines is 1. The maximum Gasteiger partial charge on any atom is 0.257 e. The van der Waals surface area contributed by atoms with Crippen molar-refractivity contribution in [2.45, 2.75) is 12.1 Å². The Hall–Kier alpha value is -2.51. The summed E-state index contributed by atoms with van der Waals surface area (Å²) in [6.45, 7) is 0.299. The first-order valence-corrected chi connectivity index (χ1v) is 6.14. The molecule has 2 N–H and O–H groups in total. The molecular weight excluding hydrogens is 263 g/mol. The fourth-order valence-corrected chi connectivity index (χ4v) is 2.21. The molecule has 1 unspecified atom stereocenters. The Morgan fingerprint density at radius 1 is 1.40 bits per heavy atom. The summed E-state index contributed by atoms with van der Waals surface area (Å²) in [7, 11) is 0. The van der Waals surface area contributed by atoms with Gasteiger partial charge in [-0.3, -0.25) is 4.79 Å². The minimum absolute atomic E-state index is 0.0729. The Kier molecular flexibility index (Phi) is 2.85. The molecule has 8 heteroatoms. The van der Waals surface area contributed by atoms with Crippen LogP contribution in [0.2, 0.25) is 0 Å². The quantitative estimate of drug-likeness (QED) is 0.856. The fourth-order valence-electron chi connectivity index (χ4n) is 2.21. The van der Waals surface area contributed by atoms with Crippen molar-refractivity contribution >= 4 is 11.7 Å². The molecule has 2 aromatic heterocycles. The molecule has 1 fully saturated rings. The SMILES string of the molecule is NC(=O)C1(F)CCN(c2cc(-n3cccn3)ncn2)C1. The Bertz CT molecular complexity index is 631. The Labute approximate surface area is 114 Å². The molecule has 1 atom stereocenters. The Morgan fingerprint density at radius 3 is 2.85 bits per heavy atom. The molecule has 1 aliphatic heterocycles. The van der Waals surface area contributed by atoms with Gasteiger partial charge in [0.05, 0.1) is 6.54 Å². The van der Waals surface area contributed by atoms with Gasteiger partial charge in [0.2, 0.25) is 5.67 Å². The van der Waals surface area contributed by atoms with Crippen LogP contribution < -0.4 is 10.6 Å². The lowest BCUT2D eigenvalue weighted by atomic mass is 10.1. The fraction of sp³-hybridized carbons (Fsp3) is 0.333. The molecule has 3 rings (SSSR count). The molecule has 1 aliphatic rings. The third kappa shape index (κ3) is 2.09. The number of rotatable bonds is 3. The minimum Gasteiger partial charge on any atom is -0.367 e. The summed E-state index contributed by atoms with van der Waals surface area (Å²) in [5.74, 6) is 0.197. The number of nitrogens with zero attached hydrogens (tertiary/aromatic N) is 5. The maximum absolute atomic E-state index is 14.2. The van der Waals surface area contributed by atoms with E-state index in [4.69, 9.17) is 5.73 Å². The van der Waals surface area contributed by atoms with Gasteiger partial charge in [-0.1, -0.05) is 0 Å². The maximum atomic E-state index is 14.2. The number of amides is 1. The highest BCUT2D eigenvalue weighted by Gasteiger charge is 2.44. The summed E-state index contributed by atoms with van der Waals surface area (Å²) in [6, 6.07) is 3.47. The number of aromatic nitrogens is 4. The van der Waals surface area contributed by atoms with Crippen LogP contribution in [0.4, 0.5) is 10.2 Å². The average molecular weight is 276 g/mol. The molecule has 0 radical (unpaired) electrons. The molecule has 2 aromatic rings. The zero-order valence-corrected chi connectivity index (χ0v) is 10.6. The van der Waals surface area contributed by atoms with Gasteiger partial charge in [-0.25, -0.2) is 19.0 Å². The molecule has 1 saturated heterocycles. The number of carbonyl (C=O) groups excluding carboxylic acids is 1. The third-order valence-electron chi connectivity index (χ3n) is 3.36. The molecule has 3 heterocycles. The first kappa shape index (κ1) is 12.5. The number of nitrogens with two attached hydrogens (primary N) is 1. The topological polar surface area (TPSA) is 89.9 Å². The van der Waals surface area contributed by atoms with E-state index in [0.29, 0.717) is 18.2 Å². The highest BCUT2D eigenvalue weighted by atomic mass is 19.1. The normalized spacial score (nSPS) is 22.1. The van der Waals surface area contributed by atoms with Crippen LogP contribution in [-0.4, -0.2) is 44.4 Å². The summed E-state index contributed by atoms with van der Waals surface area (Å²) in [6.07, 6.45) is 4.84. The number of alkyl halides is 1. The van der Waals surface area contributed by atoms with Crippen molar-refractivity contribution < 1.29 is 9.18 Å². The summed E-state index contributed by atoms with van der Waals surface area (Å²) in [4.78, 5) is 21.0. The van der Waals surface area contributed by atoms with Crippen LogP contribution in [0, 0.1) is 0 Å². The zero-order chi connectivity index (χ0) is 14.2. The van der Waals surface area contributed by atoms with Crippen LogP contribution in [0.1, 0.15) is 6.42 Å². The van der Waals surface area contributed by atoms with E-state index >= 15 is 0 Å². The second-order valence-electron chi connectivity index (χ2n) is 4.69. The predicted octanol–water partition coefficient (Wildman–Crippen LogP) is 0.0660. The van der Waals surface area contributed by atoms with E-state index < -0.39 is 11.6 Å². The summed E-state index contributed by atoms with van der Waals surface area (Å²) < 4.78 is 15.7. The lowest BCUT2D eigenvalue weighted by Gasteiger charge is -2.19. The van der Waals surface area contributed by atoms with Crippen LogP contribution in [0.15, 0.2) is 30.9 Å². The highest BCUT2D eigenvalue weighted by Crippen LogP contribution is 2.28. The average Bonchev–Trinajstić information content (AvgIpc) is 3.09. The van der Waals surface area contributed by atoms with Crippen molar-refractivity contribution in [3.8, 4) is 5.82 Å². The highest BCUT2D eigenvalue weighted by molar-refractivity contribution is 5.85. The molecule has 0 saturated carbocycles. The molecule has 20 heavy (non-hydrogen) atoms. The van der Waals surface area contributed by atoms with Gasteiger partial charge in [0.1, 0.15) is 12.1 Å². The van der Waals surface area contributed by atoms with Gasteiger partial charge >= 0.3 is 0 Å². The summed E-state index contributed by atoms with van der Waals surface area (Å²) in [5.41, 5.74) is 3.10. The van der Waals surface area contributed by atoms with E-state index in [1.807, 2.05) is 0 Å². The van der Waals surface area contributed by atoms with Crippen molar-refractivity contribution in [1.82, 2.24) is 19.7 Å². The van der Waals surface area contributed by atoms with E-state index in [2.05, 4.69) is 15.1 Å². The summed E-state index contributed by atoms with van der Waals surface area (Å²) in [5, 5.41) is 4.07. The molecule has 7 nitrogen and oxygen atoms in total. The van der Waals surface area contributed by atoms with Crippen molar-refractivity contribution in [2.75, 3.05) is 18.0 Å². The van der Waals surface area contributed by atoms with Crippen molar-refractivity contribution in [1.29, 1.82) is 0 Å². The van der Waals surface area contributed by atoms with Gasteiger partial charge in [-0.05, 0) is 6.07 Å². The number of primary amides is 1. The van der Waals surface area contributed by atoms with Crippen LogP contribution in [0.3, 0.4) is 0 Å². The van der Waals surface area contributed by atoms with Gasteiger partial charge in [0, 0.05) is 31.4 Å². The predicted molar refractivity (Wildman–Crippen MR) is 69.0 cm³/mol. The van der Waals surface area contributed by atoms with Crippen LogP contribution in [0.25, 0.3) is 5.82 Å². The van der Waals surface area contributed by atoms with Gasteiger partial charge in [-0.2, -0.15) is 5.10 Å². The van der Waals surface area contributed by atoms with Crippen LogP contribution in [0.5, 0.6) is 0 Å². The number of hydrogen-bond acceptors (Lipinski definition) is 5. The van der Waals surface area contributed by atoms with Gasteiger partial charge in [-0.15, -0.1) is 0 Å². The van der Waals surface area contributed by atoms with Gasteiger partial charge in [0.25, 0.3) is 5.91 Å². The smallest absolute Gasteiger partial charge is 0.257 e. The second-order valence-corrected chi connectivity index (χ2v) is 4.69. The van der Waals surface area contributed by atoms with Crippen molar-refractivity contribution in [3.63, 3.8) is 0 Å². The zero-order valence-electron chi connectivity index (χ0n) is 10.6. The first-order valence-electron chi connectivity index (χ1n) is 6.14. The minimum atomic E-state index is -1.99. The number of carbonyl (C=O) groups is 1.